The SMILES string of the molecule is CCc1nc(C(=O)N2CCC(N3CCNC3=O)CC2)n[nH]1. The number of piperidine rings is 1. The molecule has 2 N–H and O–H groups in total. The summed E-state index contributed by atoms with van der Waals surface area (Å²) < 4.78 is 0. The van der Waals surface area contributed by atoms with Crippen LogP contribution in [0.3, 0.4) is 0 Å². The topological polar surface area (TPSA) is 94.2 Å². The first-order valence-corrected chi connectivity index (χ1v) is 7.44. The Morgan fingerprint density at radius 2 is 2.10 bits per heavy atom. The van der Waals surface area contributed by atoms with E-state index in [0.717, 1.165) is 38.2 Å². The number of H-pyrrole nitrogens is 1. The molecule has 0 spiro atoms. The molecule has 0 aliphatic carbocycles. The molecule has 2 saturated heterocycles. The molecular weight excluding hydrogens is 272 g/mol. The molecule has 2 aliphatic rings. The predicted octanol–water partition coefficient (Wildman–Crippen LogP) is -0.00310. The second kappa shape index (κ2) is 5.71. The highest BCUT2D eigenvalue weighted by atomic mass is 16.2. The summed E-state index contributed by atoms with van der Waals surface area (Å²) in [5.41, 5.74) is 0. The van der Waals surface area contributed by atoms with E-state index in [1.54, 1.807) is 4.90 Å². The fraction of sp³-hybridized carbons (Fsp3) is 0.692. The van der Waals surface area contributed by atoms with Gasteiger partial charge in [0.25, 0.3) is 5.91 Å². The monoisotopic (exact) mass is 292 g/mol. The van der Waals surface area contributed by atoms with E-state index in [0.29, 0.717) is 13.1 Å². The van der Waals surface area contributed by atoms with Gasteiger partial charge < -0.3 is 15.1 Å². The van der Waals surface area contributed by atoms with E-state index in [-0.39, 0.29) is 23.8 Å². The minimum atomic E-state index is -0.129. The Labute approximate surface area is 122 Å². The van der Waals surface area contributed by atoms with E-state index in [4.69, 9.17) is 0 Å². The second-order valence-corrected chi connectivity index (χ2v) is 5.41. The molecule has 0 bridgehead atoms. The summed E-state index contributed by atoms with van der Waals surface area (Å²) in [6.45, 7) is 4.72. The van der Waals surface area contributed by atoms with Crippen molar-refractivity contribution in [2.75, 3.05) is 26.2 Å². The van der Waals surface area contributed by atoms with Gasteiger partial charge in [-0.3, -0.25) is 9.89 Å². The van der Waals surface area contributed by atoms with Crippen molar-refractivity contribution in [2.24, 2.45) is 0 Å². The number of nitrogens with zero attached hydrogens (tertiary/aromatic N) is 4. The molecule has 1 aromatic heterocycles. The first-order chi connectivity index (χ1) is 10.2. The summed E-state index contributed by atoms with van der Waals surface area (Å²) in [5.74, 6) is 0.835. The molecule has 0 radical (unpaired) electrons. The summed E-state index contributed by atoms with van der Waals surface area (Å²) in [4.78, 5) is 31.8. The Bertz CT molecular complexity index is 535. The van der Waals surface area contributed by atoms with Crippen molar-refractivity contribution in [2.45, 2.75) is 32.2 Å². The Hall–Kier alpha value is -2.12. The van der Waals surface area contributed by atoms with Crippen molar-refractivity contribution in [3.63, 3.8) is 0 Å². The number of carbonyl (C=O) groups is 2. The molecule has 0 saturated carbocycles. The highest BCUT2D eigenvalue weighted by molar-refractivity contribution is 5.90. The Morgan fingerprint density at radius 1 is 1.33 bits per heavy atom. The average molecular weight is 292 g/mol. The molecule has 114 valence electrons. The van der Waals surface area contributed by atoms with Crippen LogP contribution in [0.15, 0.2) is 0 Å². The van der Waals surface area contributed by atoms with Crippen LogP contribution in [0.25, 0.3) is 0 Å². The lowest BCUT2D eigenvalue weighted by Crippen LogP contribution is -2.47. The van der Waals surface area contributed by atoms with E-state index in [1.165, 1.54) is 0 Å². The maximum atomic E-state index is 12.3. The molecule has 8 heteroatoms. The summed E-state index contributed by atoms with van der Waals surface area (Å²) in [7, 11) is 0. The Morgan fingerprint density at radius 3 is 2.67 bits per heavy atom. The van der Waals surface area contributed by atoms with E-state index in [2.05, 4.69) is 20.5 Å². The first-order valence-electron chi connectivity index (χ1n) is 7.44. The van der Waals surface area contributed by atoms with Gasteiger partial charge in [-0.2, -0.15) is 0 Å². The van der Waals surface area contributed by atoms with Crippen LogP contribution in [0.1, 0.15) is 36.2 Å². The van der Waals surface area contributed by atoms with Crippen molar-refractivity contribution in [1.29, 1.82) is 0 Å². The van der Waals surface area contributed by atoms with Crippen LogP contribution in [0, 0.1) is 0 Å². The number of aromatic nitrogens is 3. The number of aryl methyl sites for hydroxylation is 1. The van der Waals surface area contributed by atoms with Crippen LogP contribution in [-0.4, -0.2) is 69.1 Å². The molecule has 3 heterocycles. The normalized spacial score (nSPS) is 20.0. The van der Waals surface area contributed by atoms with Gasteiger partial charge in [-0.1, -0.05) is 6.92 Å². The molecule has 3 rings (SSSR count). The number of carbonyl (C=O) groups excluding carboxylic acids is 2. The summed E-state index contributed by atoms with van der Waals surface area (Å²) in [6, 6.07) is 0.247. The lowest BCUT2D eigenvalue weighted by atomic mass is 10.0. The Balaban J connectivity index is 1.57. The van der Waals surface area contributed by atoms with Gasteiger partial charge in [-0.05, 0) is 12.8 Å². The average Bonchev–Trinajstić information content (AvgIpc) is 3.15. The zero-order valence-corrected chi connectivity index (χ0v) is 12.1. The lowest BCUT2D eigenvalue weighted by Gasteiger charge is -2.35. The van der Waals surface area contributed by atoms with Gasteiger partial charge in [-0.15, -0.1) is 5.10 Å². The van der Waals surface area contributed by atoms with Gasteiger partial charge in [0.2, 0.25) is 5.82 Å². The number of hydrogen-bond donors (Lipinski definition) is 2. The third-order valence-electron chi connectivity index (χ3n) is 4.14. The van der Waals surface area contributed by atoms with Gasteiger partial charge in [0.15, 0.2) is 0 Å². The van der Waals surface area contributed by atoms with E-state index in [9.17, 15) is 9.59 Å². The number of hydrogen-bond acceptors (Lipinski definition) is 4. The maximum absolute atomic E-state index is 12.3. The molecule has 0 unspecified atom stereocenters. The zero-order valence-electron chi connectivity index (χ0n) is 12.1. The van der Waals surface area contributed by atoms with Gasteiger partial charge in [0.1, 0.15) is 5.82 Å². The van der Waals surface area contributed by atoms with E-state index >= 15 is 0 Å². The zero-order chi connectivity index (χ0) is 14.8. The highest BCUT2D eigenvalue weighted by Gasteiger charge is 2.32. The maximum Gasteiger partial charge on any atom is 0.317 e. The predicted molar refractivity (Wildman–Crippen MR) is 74.8 cm³/mol. The van der Waals surface area contributed by atoms with Gasteiger partial charge in [-0.25, -0.2) is 9.78 Å². The summed E-state index contributed by atoms with van der Waals surface area (Å²) in [5, 5.41) is 9.55. The second-order valence-electron chi connectivity index (χ2n) is 5.41. The quantitative estimate of drug-likeness (QED) is 0.819. The number of nitrogens with one attached hydrogen (secondary N) is 2. The molecular formula is C13H20N6O2. The van der Waals surface area contributed by atoms with Crippen LogP contribution < -0.4 is 5.32 Å². The number of amides is 3. The smallest absolute Gasteiger partial charge is 0.317 e. The first kappa shape index (κ1) is 13.8. The summed E-state index contributed by atoms with van der Waals surface area (Å²) >= 11 is 0. The molecule has 0 aromatic carbocycles. The molecule has 1 aromatic rings. The number of urea groups is 1. The Kier molecular flexibility index (Phi) is 3.76. The standard InChI is InChI=1S/C13H20N6O2/c1-2-10-15-11(17-16-10)12(20)18-6-3-9(4-7-18)19-8-5-14-13(19)21/h9H,2-8H2,1H3,(H,14,21)(H,15,16,17). The van der Waals surface area contributed by atoms with Gasteiger partial charge >= 0.3 is 6.03 Å². The third kappa shape index (κ3) is 2.70. The van der Waals surface area contributed by atoms with Gasteiger partial charge in [0, 0.05) is 38.6 Å². The van der Waals surface area contributed by atoms with Crippen LogP contribution in [0.5, 0.6) is 0 Å². The molecule has 0 atom stereocenters. The molecule has 2 fully saturated rings. The fourth-order valence-corrected chi connectivity index (χ4v) is 2.91. The van der Waals surface area contributed by atoms with Crippen molar-refractivity contribution >= 4 is 11.9 Å². The van der Waals surface area contributed by atoms with Crippen molar-refractivity contribution < 1.29 is 9.59 Å². The summed E-state index contributed by atoms with van der Waals surface area (Å²) in [6.07, 6.45) is 2.35. The van der Waals surface area contributed by atoms with Crippen LogP contribution in [0.2, 0.25) is 0 Å². The fourth-order valence-electron chi connectivity index (χ4n) is 2.91. The van der Waals surface area contributed by atoms with Gasteiger partial charge in [0.05, 0.1) is 0 Å². The van der Waals surface area contributed by atoms with Crippen LogP contribution in [-0.2, 0) is 6.42 Å². The van der Waals surface area contributed by atoms with E-state index in [1.807, 2.05) is 11.8 Å². The largest absolute Gasteiger partial charge is 0.336 e. The number of rotatable bonds is 3. The lowest BCUT2D eigenvalue weighted by molar-refractivity contribution is 0.0654. The van der Waals surface area contributed by atoms with E-state index < -0.39 is 0 Å². The van der Waals surface area contributed by atoms with Crippen molar-refractivity contribution in [3.05, 3.63) is 11.6 Å². The minimum Gasteiger partial charge on any atom is -0.336 e. The molecule has 3 amide bonds. The van der Waals surface area contributed by atoms with Crippen molar-refractivity contribution in [3.8, 4) is 0 Å². The van der Waals surface area contributed by atoms with Crippen molar-refractivity contribution in [1.82, 2.24) is 30.3 Å². The molecule has 8 nitrogen and oxygen atoms in total. The highest BCUT2D eigenvalue weighted by Crippen LogP contribution is 2.19. The van der Waals surface area contributed by atoms with Crippen LogP contribution in [0.4, 0.5) is 4.79 Å². The molecule has 21 heavy (non-hydrogen) atoms. The van der Waals surface area contributed by atoms with Crippen LogP contribution >= 0.6 is 0 Å². The molecule has 2 aliphatic heterocycles. The third-order valence-corrected chi connectivity index (χ3v) is 4.14. The number of aromatic amines is 1. The number of likely N-dealkylation sites (tertiary alicyclic amines) is 1. The minimum absolute atomic E-state index is 0.0151.